The van der Waals surface area contributed by atoms with Gasteiger partial charge in [-0.1, -0.05) is 11.6 Å². The molecule has 1 aromatic heterocycles. The predicted octanol–water partition coefficient (Wildman–Crippen LogP) is 3.04. The molecule has 1 amide bonds. The van der Waals surface area contributed by atoms with Gasteiger partial charge in [-0.25, -0.2) is 10.3 Å². The van der Waals surface area contributed by atoms with E-state index in [-0.39, 0.29) is 12.2 Å². The third-order valence-electron chi connectivity index (χ3n) is 3.83. The van der Waals surface area contributed by atoms with Crippen molar-refractivity contribution in [1.82, 2.24) is 10.5 Å². The zero-order valence-electron chi connectivity index (χ0n) is 12.9. The lowest BCUT2D eigenvalue weighted by Crippen LogP contribution is -2.33. The van der Waals surface area contributed by atoms with Gasteiger partial charge in [0.05, 0.1) is 16.8 Å². The van der Waals surface area contributed by atoms with E-state index >= 15 is 0 Å². The molecule has 0 aliphatic carbocycles. The molecule has 5 heteroatoms. The number of fused-ring (bicyclic) bond motifs is 1. The molecule has 2 heterocycles. The molecule has 0 spiro atoms. The summed E-state index contributed by atoms with van der Waals surface area (Å²) in [5.74, 6) is -0.289. The van der Waals surface area contributed by atoms with Gasteiger partial charge in [-0.15, -0.1) is 0 Å². The molecular formula is C17H20N2O3. The second-order valence-corrected chi connectivity index (χ2v) is 5.66. The number of carbonyl (C=O) groups is 1. The van der Waals surface area contributed by atoms with Gasteiger partial charge in [-0.3, -0.25) is 9.78 Å². The van der Waals surface area contributed by atoms with Crippen LogP contribution >= 0.6 is 0 Å². The van der Waals surface area contributed by atoms with Crippen LogP contribution < -0.4 is 5.48 Å². The summed E-state index contributed by atoms with van der Waals surface area (Å²) in [6, 6.07) is 7.85. The van der Waals surface area contributed by atoms with Crippen molar-refractivity contribution >= 4 is 16.8 Å². The highest BCUT2D eigenvalue weighted by Gasteiger charge is 2.17. The van der Waals surface area contributed by atoms with Crippen LogP contribution in [0.15, 0.2) is 24.3 Å². The summed E-state index contributed by atoms with van der Waals surface area (Å²) in [4.78, 5) is 22.1. The number of hydrogen-bond donors (Lipinski definition) is 1. The zero-order chi connectivity index (χ0) is 15.5. The van der Waals surface area contributed by atoms with Crippen molar-refractivity contribution in [2.45, 2.75) is 39.4 Å². The Bertz CT molecular complexity index is 694. The van der Waals surface area contributed by atoms with Crippen LogP contribution in [0, 0.1) is 13.8 Å². The van der Waals surface area contributed by atoms with Gasteiger partial charge in [0.15, 0.2) is 6.29 Å². The van der Waals surface area contributed by atoms with Crippen molar-refractivity contribution in [2.75, 3.05) is 6.61 Å². The van der Waals surface area contributed by atoms with Crippen LogP contribution in [-0.2, 0) is 9.57 Å². The Morgan fingerprint density at radius 1 is 1.32 bits per heavy atom. The Morgan fingerprint density at radius 3 is 2.95 bits per heavy atom. The number of nitrogens with zero attached hydrogens (tertiary/aromatic N) is 1. The summed E-state index contributed by atoms with van der Waals surface area (Å²) in [7, 11) is 0. The Balaban J connectivity index is 1.76. The molecule has 1 N–H and O–H groups in total. The van der Waals surface area contributed by atoms with E-state index in [9.17, 15) is 4.79 Å². The van der Waals surface area contributed by atoms with E-state index < -0.39 is 0 Å². The maximum atomic E-state index is 12.3. The predicted molar refractivity (Wildman–Crippen MR) is 83.4 cm³/mol. The van der Waals surface area contributed by atoms with Gasteiger partial charge in [0.25, 0.3) is 5.91 Å². The molecular weight excluding hydrogens is 280 g/mol. The Labute approximate surface area is 129 Å². The Morgan fingerprint density at radius 2 is 2.18 bits per heavy atom. The van der Waals surface area contributed by atoms with E-state index in [0.717, 1.165) is 35.7 Å². The average Bonchev–Trinajstić information content (AvgIpc) is 2.53. The molecule has 0 unspecified atom stereocenters. The van der Waals surface area contributed by atoms with Crippen molar-refractivity contribution in [3.63, 3.8) is 0 Å². The maximum Gasteiger partial charge on any atom is 0.276 e. The SMILES string of the molecule is Cc1ccc2nc(C)c(C(=O)NO[C@H]3CCCCO3)cc2c1. The smallest absolute Gasteiger partial charge is 0.276 e. The van der Waals surface area contributed by atoms with E-state index in [0.29, 0.717) is 17.9 Å². The molecule has 1 atom stereocenters. The maximum absolute atomic E-state index is 12.3. The summed E-state index contributed by atoms with van der Waals surface area (Å²) in [5, 5.41) is 0.949. The summed E-state index contributed by atoms with van der Waals surface area (Å²) in [6.07, 6.45) is 2.54. The lowest BCUT2D eigenvalue weighted by Gasteiger charge is -2.22. The van der Waals surface area contributed by atoms with Crippen molar-refractivity contribution in [1.29, 1.82) is 0 Å². The monoisotopic (exact) mass is 300 g/mol. The third kappa shape index (κ3) is 3.26. The number of nitrogens with one attached hydrogen (secondary N) is 1. The first-order valence-corrected chi connectivity index (χ1v) is 7.59. The molecule has 116 valence electrons. The molecule has 1 saturated heterocycles. The molecule has 0 radical (unpaired) electrons. The van der Waals surface area contributed by atoms with E-state index in [2.05, 4.69) is 10.5 Å². The van der Waals surface area contributed by atoms with Gasteiger partial charge < -0.3 is 4.74 Å². The minimum Gasteiger partial charge on any atom is -0.350 e. The van der Waals surface area contributed by atoms with E-state index in [1.165, 1.54) is 0 Å². The van der Waals surface area contributed by atoms with E-state index in [1.54, 1.807) is 0 Å². The number of carbonyl (C=O) groups excluding carboxylic acids is 1. The van der Waals surface area contributed by atoms with Gasteiger partial charge in [0.2, 0.25) is 0 Å². The number of pyridine rings is 1. The first-order chi connectivity index (χ1) is 10.6. The summed E-state index contributed by atoms with van der Waals surface area (Å²) < 4.78 is 5.43. The van der Waals surface area contributed by atoms with Crippen molar-refractivity contribution in [3.8, 4) is 0 Å². The molecule has 1 aromatic carbocycles. The zero-order valence-corrected chi connectivity index (χ0v) is 12.9. The fraction of sp³-hybridized carbons (Fsp3) is 0.412. The van der Waals surface area contributed by atoms with Gasteiger partial charge in [0, 0.05) is 18.4 Å². The highest BCUT2D eigenvalue weighted by Crippen LogP contribution is 2.18. The second-order valence-electron chi connectivity index (χ2n) is 5.66. The molecule has 2 aromatic rings. The summed E-state index contributed by atoms with van der Waals surface area (Å²) in [6.45, 7) is 4.52. The van der Waals surface area contributed by atoms with Gasteiger partial charge >= 0.3 is 0 Å². The first kappa shape index (κ1) is 14.9. The number of rotatable bonds is 3. The van der Waals surface area contributed by atoms with Crippen LogP contribution in [0.3, 0.4) is 0 Å². The van der Waals surface area contributed by atoms with E-state index in [1.807, 2.05) is 38.1 Å². The molecule has 1 aliphatic heterocycles. The molecule has 0 bridgehead atoms. The van der Waals surface area contributed by atoms with E-state index in [4.69, 9.17) is 9.57 Å². The number of benzene rings is 1. The number of amides is 1. The number of aryl methyl sites for hydroxylation is 2. The molecule has 22 heavy (non-hydrogen) atoms. The van der Waals surface area contributed by atoms with Crippen LogP contribution in [0.2, 0.25) is 0 Å². The van der Waals surface area contributed by atoms with Crippen LogP contribution in [0.1, 0.15) is 40.9 Å². The first-order valence-electron chi connectivity index (χ1n) is 7.59. The van der Waals surface area contributed by atoms with Crippen LogP contribution in [0.5, 0.6) is 0 Å². The summed E-state index contributed by atoms with van der Waals surface area (Å²) >= 11 is 0. The van der Waals surface area contributed by atoms with Crippen LogP contribution in [0.4, 0.5) is 0 Å². The molecule has 1 aliphatic rings. The highest BCUT2D eigenvalue weighted by atomic mass is 16.8. The molecule has 5 nitrogen and oxygen atoms in total. The quantitative estimate of drug-likeness (QED) is 0.885. The average molecular weight is 300 g/mol. The van der Waals surface area contributed by atoms with Gasteiger partial charge in [0.1, 0.15) is 0 Å². The third-order valence-corrected chi connectivity index (χ3v) is 3.83. The Hall–Kier alpha value is -1.98. The minimum absolute atomic E-state index is 0.289. The standard InChI is InChI=1S/C17H20N2O3/c1-11-6-7-15-13(9-11)10-14(12(2)18-15)17(20)19-22-16-5-3-4-8-21-16/h6-7,9-10,16H,3-5,8H2,1-2H3,(H,19,20)/t16-/m0/s1. The number of hydrogen-bond acceptors (Lipinski definition) is 4. The van der Waals surface area contributed by atoms with Crippen LogP contribution in [-0.4, -0.2) is 23.8 Å². The van der Waals surface area contributed by atoms with Gasteiger partial charge in [-0.05, 0) is 44.9 Å². The highest BCUT2D eigenvalue weighted by molar-refractivity contribution is 5.98. The fourth-order valence-electron chi connectivity index (χ4n) is 2.60. The van der Waals surface area contributed by atoms with Gasteiger partial charge in [-0.2, -0.15) is 0 Å². The molecule has 1 fully saturated rings. The van der Waals surface area contributed by atoms with Crippen molar-refractivity contribution in [3.05, 3.63) is 41.1 Å². The molecule has 3 rings (SSSR count). The van der Waals surface area contributed by atoms with Crippen LogP contribution in [0.25, 0.3) is 10.9 Å². The molecule has 0 saturated carbocycles. The van der Waals surface area contributed by atoms with Crippen molar-refractivity contribution < 1.29 is 14.4 Å². The minimum atomic E-state index is -0.353. The number of hydroxylamine groups is 1. The topological polar surface area (TPSA) is 60.5 Å². The fourth-order valence-corrected chi connectivity index (χ4v) is 2.60. The Kier molecular flexibility index (Phi) is 4.36. The van der Waals surface area contributed by atoms with Crippen molar-refractivity contribution in [2.24, 2.45) is 0 Å². The number of ether oxygens (including phenoxy) is 1. The largest absolute Gasteiger partial charge is 0.350 e. The number of aromatic nitrogens is 1. The second kappa shape index (κ2) is 6.42. The summed E-state index contributed by atoms with van der Waals surface area (Å²) in [5.41, 5.74) is 5.71. The lowest BCUT2D eigenvalue weighted by molar-refractivity contribution is -0.186. The normalized spacial score (nSPS) is 18.4. The lowest BCUT2D eigenvalue weighted by atomic mass is 10.1.